The molecule has 34 heavy (non-hydrogen) atoms. The lowest BCUT2D eigenvalue weighted by atomic mass is 10.1. The predicted molar refractivity (Wildman–Crippen MR) is 140 cm³/mol. The van der Waals surface area contributed by atoms with Gasteiger partial charge in [-0.15, -0.1) is 0 Å². The summed E-state index contributed by atoms with van der Waals surface area (Å²) in [6.07, 6.45) is 1.47. The van der Waals surface area contributed by atoms with Gasteiger partial charge in [-0.3, -0.25) is 13.9 Å². The van der Waals surface area contributed by atoms with Gasteiger partial charge in [-0.2, -0.15) is 0 Å². The van der Waals surface area contributed by atoms with Gasteiger partial charge >= 0.3 is 0 Å². The number of halogens is 1. The molecule has 2 aromatic carbocycles. The number of hydrogen-bond acceptors (Lipinski definition) is 4. The van der Waals surface area contributed by atoms with Gasteiger partial charge in [-0.05, 0) is 54.7 Å². The summed E-state index contributed by atoms with van der Waals surface area (Å²) in [4.78, 5) is 28.2. The Morgan fingerprint density at radius 3 is 2.21 bits per heavy atom. The van der Waals surface area contributed by atoms with Gasteiger partial charge in [-0.1, -0.05) is 61.0 Å². The van der Waals surface area contributed by atoms with E-state index in [0.29, 0.717) is 18.7 Å². The summed E-state index contributed by atoms with van der Waals surface area (Å²) < 4.78 is 27.1. The first-order valence-electron chi connectivity index (χ1n) is 11.3. The average molecular weight is 553 g/mol. The smallest absolute Gasteiger partial charge is 0.244 e. The van der Waals surface area contributed by atoms with Crippen molar-refractivity contribution >= 4 is 43.5 Å². The number of hydrogen-bond donors (Lipinski definition) is 1. The molecule has 2 amide bonds. The number of amides is 2. The molecular weight excluding hydrogens is 518 g/mol. The molecule has 0 aliphatic rings. The van der Waals surface area contributed by atoms with Crippen LogP contribution in [0.4, 0.5) is 5.69 Å². The number of nitrogens with zero attached hydrogens (tertiary/aromatic N) is 2. The van der Waals surface area contributed by atoms with Crippen molar-refractivity contribution in [1.29, 1.82) is 0 Å². The molecule has 186 valence electrons. The van der Waals surface area contributed by atoms with Gasteiger partial charge in [0.1, 0.15) is 12.6 Å². The van der Waals surface area contributed by atoms with Crippen molar-refractivity contribution in [1.82, 2.24) is 10.2 Å². The molecule has 2 rings (SSSR count). The summed E-state index contributed by atoms with van der Waals surface area (Å²) >= 11 is 3.34. The van der Waals surface area contributed by atoms with Crippen LogP contribution in [0, 0.1) is 12.8 Å². The van der Waals surface area contributed by atoms with Crippen LogP contribution in [-0.4, -0.2) is 50.5 Å². The van der Waals surface area contributed by atoms with E-state index in [1.165, 1.54) is 4.90 Å². The highest BCUT2D eigenvalue weighted by atomic mass is 79.9. The van der Waals surface area contributed by atoms with Crippen LogP contribution in [0.25, 0.3) is 0 Å². The minimum atomic E-state index is -3.74. The Labute approximate surface area is 211 Å². The third kappa shape index (κ3) is 7.84. The van der Waals surface area contributed by atoms with Crippen molar-refractivity contribution in [2.45, 2.75) is 46.7 Å². The molecular formula is C25H34BrN3O4S. The fourth-order valence-electron chi connectivity index (χ4n) is 3.53. The highest BCUT2D eigenvalue weighted by Gasteiger charge is 2.31. The van der Waals surface area contributed by atoms with E-state index >= 15 is 0 Å². The second-order valence-corrected chi connectivity index (χ2v) is 11.6. The second-order valence-electron chi connectivity index (χ2n) is 8.76. The van der Waals surface area contributed by atoms with Gasteiger partial charge in [-0.25, -0.2) is 8.42 Å². The quantitative estimate of drug-likeness (QED) is 0.455. The predicted octanol–water partition coefficient (Wildman–Crippen LogP) is 4.10. The van der Waals surface area contributed by atoms with Gasteiger partial charge < -0.3 is 10.2 Å². The van der Waals surface area contributed by atoms with E-state index in [2.05, 4.69) is 21.2 Å². The molecule has 0 aromatic heterocycles. The Hall–Kier alpha value is -2.39. The summed E-state index contributed by atoms with van der Waals surface area (Å²) in [7, 11) is -3.74. The molecule has 0 saturated carbocycles. The number of sulfonamides is 1. The fraction of sp³-hybridized carbons (Fsp3) is 0.440. The first kappa shape index (κ1) is 27.9. The average Bonchev–Trinajstić information content (AvgIpc) is 2.77. The van der Waals surface area contributed by atoms with Gasteiger partial charge in [0, 0.05) is 17.6 Å². The van der Waals surface area contributed by atoms with E-state index in [1.807, 2.05) is 52.0 Å². The number of nitrogens with one attached hydrogen (secondary N) is 1. The maximum absolute atomic E-state index is 13.6. The SMILES string of the molecule is CCC(C(=O)NCC(C)C)N(Cc1ccccc1C)C(=O)CN(c1ccc(Br)cc1)S(C)(=O)=O. The van der Waals surface area contributed by atoms with Crippen LogP contribution in [0.5, 0.6) is 0 Å². The van der Waals surface area contributed by atoms with Crippen molar-refractivity contribution in [2.75, 3.05) is 23.7 Å². The van der Waals surface area contributed by atoms with Crippen LogP contribution in [0.1, 0.15) is 38.3 Å². The normalized spacial score (nSPS) is 12.3. The zero-order valence-corrected chi connectivity index (χ0v) is 22.8. The van der Waals surface area contributed by atoms with Crippen LogP contribution in [0.2, 0.25) is 0 Å². The van der Waals surface area contributed by atoms with Crippen molar-refractivity contribution in [2.24, 2.45) is 5.92 Å². The lowest BCUT2D eigenvalue weighted by molar-refractivity contribution is -0.140. The van der Waals surface area contributed by atoms with Crippen LogP contribution in [0.3, 0.4) is 0 Å². The Kier molecular flexibility index (Phi) is 10.1. The Morgan fingerprint density at radius 2 is 1.68 bits per heavy atom. The minimum Gasteiger partial charge on any atom is -0.354 e. The number of rotatable bonds is 11. The summed E-state index contributed by atoms with van der Waals surface area (Å²) in [5, 5.41) is 2.92. The first-order chi connectivity index (χ1) is 15.9. The van der Waals surface area contributed by atoms with Crippen LogP contribution >= 0.6 is 15.9 Å². The lowest BCUT2D eigenvalue weighted by Crippen LogP contribution is -2.52. The molecule has 7 nitrogen and oxygen atoms in total. The highest BCUT2D eigenvalue weighted by molar-refractivity contribution is 9.10. The van der Waals surface area contributed by atoms with Crippen LogP contribution in [-0.2, 0) is 26.2 Å². The number of aryl methyl sites for hydroxylation is 1. The molecule has 0 saturated heterocycles. The summed E-state index contributed by atoms with van der Waals surface area (Å²) in [6, 6.07) is 13.6. The second kappa shape index (κ2) is 12.4. The molecule has 0 spiro atoms. The first-order valence-corrected chi connectivity index (χ1v) is 13.9. The minimum absolute atomic E-state index is 0.205. The van der Waals surface area contributed by atoms with Gasteiger partial charge in [0.2, 0.25) is 21.8 Å². The molecule has 0 bridgehead atoms. The van der Waals surface area contributed by atoms with Gasteiger partial charge in [0.25, 0.3) is 0 Å². The van der Waals surface area contributed by atoms with Crippen molar-refractivity contribution in [3.8, 4) is 0 Å². The fourth-order valence-corrected chi connectivity index (χ4v) is 4.65. The number of carbonyl (C=O) groups excluding carboxylic acids is 2. The molecule has 1 unspecified atom stereocenters. The zero-order chi connectivity index (χ0) is 25.5. The monoisotopic (exact) mass is 551 g/mol. The third-order valence-corrected chi connectivity index (χ3v) is 7.14. The van der Waals surface area contributed by atoms with E-state index in [9.17, 15) is 18.0 Å². The number of carbonyl (C=O) groups is 2. The van der Waals surface area contributed by atoms with E-state index in [0.717, 1.165) is 26.2 Å². The Bertz CT molecular complexity index is 1090. The summed E-state index contributed by atoms with van der Waals surface area (Å²) in [6.45, 7) is 8.09. The molecule has 0 aliphatic heterocycles. The molecule has 2 aromatic rings. The zero-order valence-electron chi connectivity index (χ0n) is 20.4. The maximum Gasteiger partial charge on any atom is 0.244 e. The van der Waals surface area contributed by atoms with Crippen LogP contribution < -0.4 is 9.62 Å². The molecule has 0 aliphatic carbocycles. The molecule has 1 N–H and O–H groups in total. The lowest BCUT2D eigenvalue weighted by Gasteiger charge is -2.33. The summed E-state index contributed by atoms with van der Waals surface area (Å²) in [5.41, 5.74) is 2.28. The number of benzene rings is 2. The standard InChI is InChI=1S/C25H34BrN3O4S/c1-6-23(25(31)27-15-18(2)3)28(16-20-10-8-7-9-19(20)4)24(30)17-29(34(5,32)33)22-13-11-21(26)12-14-22/h7-14,18,23H,6,15-17H2,1-5H3,(H,27,31). The van der Waals surface area contributed by atoms with E-state index < -0.39 is 28.5 Å². The topological polar surface area (TPSA) is 86.8 Å². The molecule has 0 fully saturated rings. The van der Waals surface area contributed by atoms with Crippen LogP contribution in [0.15, 0.2) is 53.0 Å². The van der Waals surface area contributed by atoms with Gasteiger partial charge in [0.05, 0.1) is 11.9 Å². The molecule has 9 heteroatoms. The van der Waals surface area contributed by atoms with Crippen molar-refractivity contribution < 1.29 is 18.0 Å². The largest absolute Gasteiger partial charge is 0.354 e. The van der Waals surface area contributed by atoms with E-state index in [-0.39, 0.29) is 18.4 Å². The molecule has 0 radical (unpaired) electrons. The third-order valence-electron chi connectivity index (χ3n) is 5.47. The summed E-state index contributed by atoms with van der Waals surface area (Å²) in [5.74, 6) is -0.420. The van der Waals surface area contributed by atoms with E-state index in [4.69, 9.17) is 0 Å². The maximum atomic E-state index is 13.6. The number of anilines is 1. The van der Waals surface area contributed by atoms with E-state index in [1.54, 1.807) is 24.3 Å². The Balaban J connectivity index is 2.42. The van der Waals surface area contributed by atoms with Crippen molar-refractivity contribution in [3.63, 3.8) is 0 Å². The highest BCUT2D eigenvalue weighted by Crippen LogP contribution is 2.22. The molecule has 0 heterocycles. The van der Waals surface area contributed by atoms with Crippen molar-refractivity contribution in [3.05, 3.63) is 64.1 Å². The molecule has 1 atom stereocenters. The Morgan fingerprint density at radius 1 is 1.06 bits per heavy atom. The van der Waals surface area contributed by atoms with Gasteiger partial charge in [0.15, 0.2) is 0 Å².